The van der Waals surface area contributed by atoms with Crippen LogP contribution in [0.5, 0.6) is 0 Å². The molecule has 1 aromatic carbocycles. The molecule has 1 aromatic rings. The van der Waals surface area contributed by atoms with E-state index in [2.05, 4.69) is 10.6 Å². The van der Waals surface area contributed by atoms with E-state index in [0.717, 1.165) is 18.2 Å². The molecule has 11 heteroatoms. The normalized spacial score (nSPS) is 13.0. The number of carbonyl (C=O) groups excluding carboxylic acids is 2. The van der Waals surface area contributed by atoms with Gasteiger partial charge in [-0.05, 0) is 6.07 Å². The van der Waals surface area contributed by atoms with Crippen LogP contribution in [-0.4, -0.2) is 75.7 Å². The Labute approximate surface area is 142 Å². The van der Waals surface area contributed by atoms with E-state index in [1.54, 1.807) is 0 Å². The van der Waals surface area contributed by atoms with Gasteiger partial charge in [-0.2, -0.15) is 0 Å². The summed E-state index contributed by atoms with van der Waals surface area (Å²) in [6.07, 6.45) is -2.38. The van der Waals surface area contributed by atoms with Crippen LogP contribution >= 0.6 is 0 Å². The Kier molecular flexibility index (Phi) is 7.88. The minimum atomic E-state index is -1.19. The zero-order valence-corrected chi connectivity index (χ0v) is 13.1. The number of nitro groups is 1. The molecule has 0 fully saturated rings. The number of hydrogen-bond acceptors (Lipinski definition) is 8. The van der Waals surface area contributed by atoms with Gasteiger partial charge in [-0.1, -0.05) is 0 Å². The monoisotopic (exact) mass is 357 g/mol. The van der Waals surface area contributed by atoms with Gasteiger partial charge in [0.2, 0.25) is 0 Å². The third kappa shape index (κ3) is 6.43. The Hall–Kier alpha value is -2.60. The maximum absolute atomic E-state index is 12.0. The smallest absolute Gasteiger partial charge is 0.271 e. The molecule has 0 unspecified atom stereocenters. The number of nitro benzene ring substituents is 1. The highest BCUT2D eigenvalue weighted by Gasteiger charge is 2.19. The van der Waals surface area contributed by atoms with Crippen LogP contribution in [0.15, 0.2) is 18.2 Å². The minimum Gasteiger partial charge on any atom is -0.394 e. The second kappa shape index (κ2) is 9.64. The zero-order valence-electron chi connectivity index (χ0n) is 13.1. The second-order valence-electron chi connectivity index (χ2n) is 5.12. The third-order valence-electron chi connectivity index (χ3n) is 3.07. The SMILES string of the molecule is O=C(NC[C@@H](O)CO)c1cc(C(=O)NC[C@@H](O)CO)cc([N+](=O)[O-])c1. The molecule has 0 aliphatic heterocycles. The molecule has 2 atom stereocenters. The van der Waals surface area contributed by atoms with Gasteiger partial charge in [0.25, 0.3) is 17.5 Å². The van der Waals surface area contributed by atoms with E-state index in [4.69, 9.17) is 10.2 Å². The van der Waals surface area contributed by atoms with Crippen molar-refractivity contribution in [2.45, 2.75) is 12.2 Å². The average molecular weight is 357 g/mol. The van der Waals surface area contributed by atoms with E-state index in [0.29, 0.717) is 0 Å². The van der Waals surface area contributed by atoms with Gasteiger partial charge in [-0.15, -0.1) is 0 Å². The number of non-ortho nitro benzene ring substituents is 1. The van der Waals surface area contributed by atoms with Crippen LogP contribution in [0.4, 0.5) is 5.69 Å². The molecule has 138 valence electrons. The highest BCUT2D eigenvalue weighted by atomic mass is 16.6. The lowest BCUT2D eigenvalue weighted by molar-refractivity contribution is -0.384. The number of nitrogens with zero attached hydrogens (tertiary/aromatic N) is 1. The minimum absolute atomic E-state index is 0.188. The Balaban J connectivity index is 2.98. The van der Waals surface area contributed by atoms with Gasteiger partial charge in [-0.3, -0.25) is 19.7 Å². The van der Waals surface area contributed by atoms with Gasteiger partial charge in [0.05, 0.1) is 30.3 Å². The van der Waals surface area contributed by atoms with Crippen molar-refractivity contribution in [3.63, 3.8) is 0 Å². The topological polar surface area (TPSA) is 182 Å². The Morgan fingerprint density at radius 1 is 0.960 bits per heavy atom. The first kappa shape index (κ1) is 20.4. The molecule has 0 saturated heterocycles. The first-order valence-corrected chi connectivity index (χ1v) is 7.22. The van der Waals surface area contributed by atoms with Crippen molar-refractivity contribution < 1.29 is 34.9 Å². The summed E-state index contributed by atoms with van der Waals surface area (Å²) in [4.78, 5) is 34.2. The number of rotatable bonds is 9. The Bertz CT molecular complexity index is 592. The van der Waals surface area contributed by atoms with E-state index in [1.807, 2.05) is 0 Å². The van der Waals surface area contributed by atoms with E-state index < -0.39 is 47.8 Å². The van der Waals surface area contributed by atoms with Gasteiger partial charge in [0, 0.05) is 36.3 Å². The van der Waals surface area contributed by atoms with Gasteiger partial charge < -0.3 is 31.1 Å². The maximum Gasteiger partial charge on any atom is 0.271 e. The highest BCUT2D eigenvalue weighted by molar-refractivity contribution is 6.00. The molecule has 0 spiro atoms. The van der Waals surface area contributed by atoms with Crippen LogP contribution in [0.25, 0.3) is 0 Å². The quantitative estimate of drug-likeness (QED) is 0.212. The average Bonchev–Trinajstić information content (AvgIpc) is 2.62. The van der Waals surface area contributed by atoms with Crippen molar-refractivity contribution >= 4 is 17.5 Å². The lowest BCUT2D eigenvalue weighted by atomic mass is 10.1. The number of carbonyl (C=O) groups is 2. The lowest BCUT2D eigenvalue weighted by Crippen LogP contribution is -2.35. The van der Waals surface area contributed by atoms with Crippen molar-refractivity contribution in [3.05, 3.63) is 39.4 Å². The molecular formula is C14H19N3O8. The summed E-state index contributed by atoms with van der Waals surface area (Å²) in [7, 11) is 0. The molecule has 0 saturated carbocycles. The molecule has 6 N–H and O–H groups in total. The fourth-order valence-electron chi connectivity index (χ4n) is 1.73. The standard InChI is InChI=1S/C14H19N3O8/c18-6-11(20)4-15-13(22)8-1-9(3-10(2-8)17(24)25)14(23)16-5-12(21)7-19/h1-3,11-12,18-21H,4-7H2,(H,15,22)(H,16,23)/t11-,12-/m1/s1. The molecule has 2 amide bonds. The number of hydrogen-bond donors (Lipinski definition) is 6. The second-order valence-corrected chi connectivity index (χ2v) is 5.12. The summed E-state index contributed by atoms with van der Waals surface area (Å²) >= 11 is 0. The summed E-state index contributed by atoms with van der Waals surface area (Å²) in [5, 5.41) is 51.3. The molecule has 0 aromatic heterocycles. The van der Waals surface area contributed by atoms with Crippen LogP contribution in [0.3, 0.4) is 0 Å². The zero-order chi connectivity index (χ0) is 19.0. The van der Waals surface area contributed by atoms with Crippen molar-refractivity contribution in [3.8, 4) is 0 Å². The van der Waals surface area contributed by atoms with Crippen molar-refractivity contribution in [2.75, 3.05) is 26.3 Å². The largest absolute Gasteiger partial charge is 0.394 e. The predicted molar refractivity (Wildman–Crippen MR) is 83.9 cm³/mol. The number of aliphatic hydroxyl groups excluding tert-OH is 4. The number of benzene rings is 1. The van der Waals surface area contributed by atoms with Crippen LogP contribution in [-0.2, 0) is 0 Å². The molecule has 25 heavy (non-hydrogen) atoms. The molecule has 1 rings (SSSR count). The van der Waals surface area contributed by atoms with Gasteiger partial charge in [-0.25, -0.2) is 0 Å². The third-order valence-corrected chi connectivity index (χ3v) is 3.07. The van der Waals surface area contributed by atoms with E-state index in [1.165, 1.54) is 0 Å². The van der Waals surface area contributed by atoms with Crippen LogP contribution in [0.1, 0.15) is 20.7 Å². The number of nitrogens with one attached hydrogen (secondary N) is 2. The summed E-state index contributed by atoms with van der Waals surface area (Å²) in [6.45, 7) is -1.70. The van der Waals surface area contributed by atoms with Crippen LogP contribution in [0.2, 0.25) is 0 Å². The number of aliphatic hydroxyl groups is 4. The first-order valence-electron chi connectivity index (χ1n) is 7.22. The summed E-state index contributed by atoms with van der Waals surface area (Å²) in [6, 6.07) is 3.02. The van der Waals surface area contributed by atoms with Gasteiger partial charge in [0.1, 0.15) is 0 Å². The molecule has 0 radical (unpaired) electrons. The Morgan fingerprint density at radius 3 is 1.68 bits per heavy atom. The molecule has 11 nitrogen and oxygen atoms in total. The van der Waals surface area contributed by atoms with Crippen molar-refractivity contribution in [1.29, 1.82) is 0 Å². The molecule has 0 aliphatic rings. The molecule has 0 bridgehead atoms. The Morgan fingerprint density at radius 2 is 1.36 bits per heavy atom. The number of amides is 2. The molecule has 0 heterocycles. The van der Waals surface area contributed by atoms with E-state index in [9.17, 15) is 29.9 Å². The van der Waals surface area contributed by atoms with E-state index >= 15 is 0 Å². The van der Waals surface area contributed by atoms with Crippen molar-refractivity contribution in [2.24, 2.45) is 0 Å². The summed E-state index contributed by atoms with van der Waals surface area (Å²) < 4.78 is 0. The molecule has 0 aliphatic carbocycles. The lowest BCUT2D eigenvalue weighted by Gasteiger charge is -2.11. The first-order chi connectivity index (χ1) is 11.8. The fourth-order valence-corrected chi connectivity index (χ4v) is 1.73. The van der Waals surface area contributed by atoms with Gasteiger partial charge >= 0.3 is 0 Å². The van der Waals surface area contributed by atoms with Crippen LogP contribution < -0.4 is 10.6 Å². The van der Waals surface area contributed by atoms with Crippen LogP contribution in [0, 0.1) is 10.1 Å². The van der Waals surface area contributed by atoms with Gasteiger partial charge in [0.15, 0.2) is 0 Å². The fraction of sp³-hybridized carbons (Fsp3) is 0.429. The van der Waals surface area contributed by atoms with Crippen molar-refractivity contribution in [1.82, 2.24) is 10.6 Å². The molecular weight excluding hydrogens is 338 g/mol. The summed E-state index contributed by atoms with van der Waals surface area (Å²) in [5.41, 5.74) is -0.873. The summed E-state index contributed by atoms with van der Waals surface area (Å²) in [5.74, 6) is -1.55. The maximum atomic E-state index is 12.0. The predicted octanol–water partition coefficient (Wildman–Crippen LogP) is -2.24. The highest BCUT2D eigenvalue weighted by Crippen LogP contribution is 2.17. The van der Waals surface area contributed by atoms with E-state index in [-0.39, 0.29) is 24.2 Å².